The Bertz CT molecular complexity index is 347. The molecule has 100 valence electrons. The number of amides is 1. The van der Waals surface area contributed by atoms with Crippen LogP contribution in [-0.2, 0) is 14.8 Å². The SMILES string of the molecule is CCS(=O)(=O)N1CCN(C(=O)CCCO)CC1. The number of aliphatic hydroxyl groups excluding tert-OH is 1. The monoisotopic (exact) mass is 264 g/mol. The van der Waals surface area contributed by atoms with Crippen molar-refractivity contribution in [3.63, 3.8) is 0 Å². The number of carbonyl (C=O) groups is 1. The molecule has 1 aliphatic rings. The van der Waals surface area contributed by atoms with Gasteiger partial charge in [-0.2, -0.15) is 4.31 Å². The van der Waals surface area contributed by atoms with E-state index >= 15 is 0 Å². The summed E-state index contributed by atoms with van der Waals surface area (Å²) >= 11 is 0. The minimum absolute atomic E-state index is 0.00686. The van der Waals surface area contributed by atoms with Crippen LogP contribution in [0.2, 0.25) is 0 Å². The zero-order valence-corrected chi connectivity index (χ0v) is 10.9. The predicted molar refractivity (Wildman–Crippen MR) is 63.9 cm³/mol. The van der Waals surface area contributed by atoms with E-state index < -0.39 is 10.0 Å². The van der Waals surface area contributed by atoms with Gasteiger partial charge in [0.1, 0.15) is 0 Å². The number of nitrogens with zero attached hydrogens (tertiary/aromatic N) is 2. The standard InChI is InChI=1S/C10H20N2O4S/c1-2-17(15,16)12-7-5-11(6-8-12)10(14)4-3-9-13/h13H,2-9H2,1H3. The molecule has 0 aromatic rings. The first-order chi connectivity index (χ1) is 8.01. The van der Waals surface area contributed by atoms with Crippen molar-refractivity contribution in [1.29, 1.82) is 0 Å². The number of carbonyl (C=O) groups excluding carboxylic acids is 1. The van der Waals surface area contributed by atoms with Gasteiger partial charge in [-0.3, -0.25) is 4.79 Å². The lowest BCUT2D eigenvalue weighted by Gasteiger charge is -2.33. The average Bonchev–Trinajstić information content (AvgIpc) is 2.36. The van der Waals surface area contributed by atoms with Crippen molar-refractivity contribution in [3.05, 3.63) is 0 Å². The Morgan fingerprint density at radius 2 is 1.82 bits per heavy atom. The third kappa shape index (κ3) is 3.93. The highest BCUT2D eigenvalue weighted by Crippen LogP contribution is 2.09. The Labute approximate surface area is 102 Å². The van der Waals surface area contributed by atoms with Crippen LogP contribution in [0.15, 0.2) is 0 Å². The molecule has 0 aliphatic carbocycles. The van der Waals surface area contributed by atoms with Gasteiger partial charge in [0.25, 0.3) is 0 Å². The Morgan fingerprint density at radius 3 is 2.29 bits per heavy atom. The summed E-state index contributed by atoms with van der Waals surface area (Å²) < 4.78 is 24.6. The van der Waals surface area contributed by atoms with E-state index in [0.29, 0.717) is 39.0 Å². The Hall–Kier alpha value is -0.660. The number of hydrogen-bond acceptors (Lipinski definition) is 4. The molecule has 0 bridgehead atoms. The van der Waals surface area contributed by atoms with E-state index in [-0.39, 0.29) is 18.3 Å². The number of piperazine rings is 1. The van der Waals surface area contributed by atoms with Crippen molar-refractivity contribution >= 4 is 15.9 Å². The van der Waals surface area contributed by atoms with Gasteiger partial charge in [-0.25, -0.2) is 8.42 Å². The second kappa shape index (κ2) is 6.32. The van der Waals surface area contributed by atoms with Crippen molar-refractivity contribution in [2.45, 2.75) is 19.8 Å². The first kappa shape index (κ1) is 14.4. The number of hydrogen-bond donors (Lipinski definition) is 1. The van der Waals surface area contributed by atoms with Crippen molar-refractivity contribution < 1.29 is 18.3 Å². The predicted octanol–water partition coefficient (Wildman–Crippen LogP) is -0.747. The maximum atomic E-state index is 11.6. The molecule has 0 aromatic heterocycles. The summed E-state index contributed by atoms with van der Waals surface area (Å²) in [5.74, 6) is 0.0958. The molecule has 17 heavy (non-hydrogen) atoms. The molecule has 1 amide bonds. The lowest BCUT2D eigenvalue weighted by Crippen LogP contribution is -2.50. The van der Waals surface area contributed by atoms with Crippen molar-refractivity contribution in [2.24, 2.45) is 0 Å². The van der Waals surface area contributed by atoms with Crippen LogP contribution < -0.4 is 0 Å². The lowest BCUT2D eigenvalue weighted by atomic mass is 10.2. The molecular formula is C10H20N2O4S. The Morgan fingerprint density at radius 1 is 1.24 bits per heavy atom. The molecule has 1 rings (SSSR count). The molecule has 0 saturated carbocycles. The summed E-state index contributed by atoms with van der Waals surface area (Å²) in [4.78, 5) is 13.3. The maximum absolute atomic E-state index is 11.6. The summed E-state index contributed by atoms with van der Waals surface area (Å²) in [5.41, 5.74) is 0. The molecule has 1 N–H and O–H groups in total. The van der Waals surface area contributed by atoms with Crippen LogP contribution in [0.3, 0.4) is 0 Å². The summed E-state index contributed by atoms with van der Waals surface area (Å²) in [7, 11) is -3.13. The molecule has 0 unspecified atom stereocenters. The number of sulfonamides is 1. The third-order valence-electron chi connectivity index (χ3n) is 2.90. The van der Waals surface area contributed by atoms with E-state index in [0.717, 1.165) is 0 Å². The number of aliphatic hydroxyl groups is 1. The van der Waals surface area contributed by atoms with E-state index in [2.05, 4.69) is 0 Å². The highest BCUT2D eigenvalue weighted by Gasteiger charge is 2.27. The zero-order chi connectivity index (χ0) is 12.9. The molecule has 0 atom stereocenters. The first-order valence-electron chi connectivity index (χ1n) is 5.87. The fourth-order valence-electron chi connectivity index (χ4n) is 1.79. The van der Waals surface area contributed by atoms with E-state index in [1.165, 1.54) is 4.31 Å². The normalized spacial score (nSPS) is 18.4. The average molecular weight is 264 g/mol. The van der Waals surface area contributed by atoms with Gasteiger partial charge in [0.15, 0.2) is 0 Å². The highest BCUT2D eigenvalue weighted by atomic mass is 32.2. The van der Waals surface area contributed by atoms with E-state index in [1.807, 2.05) is 0 Å². The van der Waals surface area contributed by atoms with Gasteiger partial charge in [-0.1, -0.05) is 0 Å². The second-order valence-corrected chi connectivity index (χ2v) is 6.27. The van der Waals surface area contributed by atoms with Gasteiger partial charge in [-0.15, -0.1) is 0 Å². The fourth-order valence-corrected chi connectivity index (χ4v) is 2.87. The first-order valence-corrected chi connectivity index (χ1v) is 7.48. The van der Waals surface area contributed by atoms with Crippen molar-refractivity contribution in [3.8, 4) is 0 Å². The Balaban J connectivity index is 2.43. The van der Waals surface area contributed by atoms with Crippen LogP contribution in [-0.4, -0.2) is 67.2 Å². The Kier molecular flexibility index (Phi) is 5.35. The quantitative estimate of drug-likeness (QED) is 0.709. The van der Waals surface area contributed by atoms with Crippen LogP contribution in [0, 0.1) is 0 Å². The molecule has 1 fully saturated rings. The summed E-state index contributed by atoms with van der Waals surface area (Å²) in [6, 6.07) is 0. The third-order valence-corrected chi connectivity index (χ3v) is 4.78. The minimum atomic E-state index is -3.13. The molecule has 6 nitrogen and oxygen atoms in total. The summed E-state index contributed by atoms with van der Waals surface area (Å²) in [5, 5.41) is 8.64. The van der Waals surface area contributed by atoms with E-state index in [1.54, 1.807) is 11.8 Å². The van der Waals surface area contributed by atoms with Crippen LogP contribution in [0.25, 0.3) is 0 Å². The molecule has 0 radical (unpaired) electrons. The molecule has 0 aromatic carbocycles. The molecular weight excluding hydrogens is 244 g/mol. The van der Waals surface area contributed by atoms with Crippen LogP contribution >= 0.6 is 0 Å². The van der Waals surface area contributed by atoms with Crippen LogP contribution in [0.4, 0.5) is 0 Å². The molecule has 1 saturated heterocycles. The van der Waals surface area contributed by atoms with Gasteiger partial charge in [0.05, 0.1) is 5.75 Å². The van der Waals surface area contributed by atoms with Crippen LogP contribution in [0.1, 0.15) is 19.8 Å². The van der Waals surface area contributed by atoms with E-state index in [4.69, 9.17) is 5.11 Å². The van der Waals surface area contributed by atoms with Crippen molar-refractivity contribution in [2.75, 3.05) is 38.5 Å². The smallest absolute Gasteiger partial charge is 0.222 e. The van der Waals surface area contributed by atoms with Gasteiger partial charge >= 0.3 is 0 Å². The fraction of sp³-hybridized carbons (Fsp3) is 0.900. The minimum Gasteiger partial charge on any atom is -0.396 e. The van der Waals surface area contributed by atoms with Gasteiger partial charge in [-0.05, 0) is 13.3 Å². The van der Waals surface area contributed by atoms with E-state index in [9.17, 15) is 13.2 Å². The largest absolute Gasteiger partial charge is 0.396 e. The lowest BCUT2D eigenvalue weighted by molar-refractivity contribution is -0.132. The maximum Gasteiger partial charge on any atom is 0.222 e. The topological polar surface area (TPSA) is 77.9 Å². The molecule has 0 spiro atoms. The highest BCUT2D eigenvalue weighted by molar-refractivity contribution is 7.89. The van der Waals surface area contributed by atoms with Gasteiger partial charge in [0, 0.05) is 39.2 Å². The molecule has 1 aliphatic heterocycles. The summed E-state index contributed by atoms with van der Waals surface area (Å²) in [6.07, 6.45) is 0.795. The molecule has 1 heterocycles. The molecule has 7 heteroatoms. The van der Waals surface area contributed by atoms with Gasteiger partial charge < -0.3 is 10.0 Å². The number of rotatable bonds is 5. The zero-order valence-electron chi connectivity index (χ0n) is 10.1. The second-order valence-electron chi connectivity index (χ2n) is 4.01. The summed E-state index contributed by atoms with van der Waals surface area (Å²) in [6.45, 7) is 3.28. The van der Waals surface area contributed by atoms with Crippen molar-refractivity contribution in [1.82, 2.24) is 9.21 Å². The van der Waals surface area contributed by atoms with Crippen LogP contribution in [0.5, 0.6) is 0 Å². The van der Waals surface area contributed by atoms with Gasteiger partial charge in [0.2, 0.25) is 15.9 Å².